The number of rotatable bonds is 1. The predicted octanol–water partition coefficient (Wildman–Crippen LogP) is 4.10. The molecule has 19 heavy (non-hydrogen) atoms. The van der Waals surface area contributed by atoms with Crippen molar-refractivity contribution in [2.45, 2.75) is 0 Å². The fraction of sp³-hybridized carbons (Fsp3) is 0. The molecule has 0 aliphatic rings. The summed E-state index contributed by atoms with van der Waals surface area (Å²) in [7, 11) is 0. The number of fused-ring (bicyclic) bond motifs is 1. The first-order valence-corrected chi connectivity index (χ1v) is 9.02. The van der Waals surface area contributed by atoms with Crippen LogP contribution in [-0.2, 0) is 17.2 Å². The maximum absolute atomic E-state index is 11.5. The summed E-state index contributed by atoms with van der Waals surface area (Å²) in [4.78, 5) is 11.5. The van der Waals surface area contributed by atoms with Crippen molar-refractivity contribution in [1.82, 2.24) is 0 Å². The van der Waals surface area contributed by atoms with Crippen LogP contribution in [0.4, 0.5) is 0 Å². The minimum atomic E-state index is -0.442. The van der Waals surface area contributed by atoms with Gasteiger partial charge in [-0.2, -0.15) is 5.56 Å². The molecule has 4 heteroatoms. The van der Waals surface area contributed by atoms with Gasteiger partial charge in [0.1, 0.15) is 0 Å². The zero-order valence-electron chi connectivity index (χ0n) is 9.71. The summed E-state index contributed by atoms with van der Waals surface area (Å²) in [5, 5.41) is 0.901. The van der Waals surface area contributed by atoms with Gasteiger partial charge in [-0.3, -0.25) is 4.79 Å². The van der Waals surface area contributed by atoms with Crippen molar-refractivity contribution in [2.24, 2.45) is 0 Å². The standard InChI is InChI=1S/C15H9O2.BrH.Pd/c16-15-10-13(11-6-2-1-3-7-11)12-8-4-5-9-14(12)17-15;;/h1-9H;1H;/q-1;;+2/p-1. The summed E-state index contributed by atoms with van der Waals surface area (Å²) in [6, 6.07) is 20.0. The van der Waals surface area contributed by atoms with E-state index in [-0.39, 0.29) is 0 Å². The molecule has 0 atom stereocenters. The number of hydrogen-bond donors (Lipinski definition) is 0. The van der Waals surface area contributed by atoms with Gasteiger partial charge in [-0.1, -0.05) is 41.8 Å². The van der Waals surface area contributed by atoms with E-state index in [0.717, 1.165) is 16.5 Å². The average Bonchev–Trinajstić information content (AvgIpc) is 2.49. The van der Waals surface area contributed by atoms with Crippen LogP contribution in [0.2, 0.25) is 0 Å². The van der Waals surface area contributed by atoms with Gasteiger partial charge in [-0.25, -0.2) is 0 Å². The van der Waals surface area contributed by atoms with Gasteiger partial charge in [-0.05, 0) is 6.07 Å². The minimum absolute atomic E-state index is 0.442. The van der Waals surface area contributed by atoms with Gasteiger partial charge < -0.3 is 4.42 Å². The fourth-order valence-corrected chi connectivity index (χ4v) is 1.89. The molecule has 3 rings (SSSR count). The second-order valence-corrected chi connectivity index (χ2v) is 3.75. The summed E-state index contributed by atoms with van der Waals surface area (Å²) >= 11 is 5.35. The third kappa shape index (κ3) is 3.22. The van der Waals surface area contributed by atoms with Crippen LogP contribution in [-0.4, -0.2) is 0 Å². The third-order valence-electron chi connectivity index (χ3n) is 2.65. The van der Waals surface area contributed by atoms with Crippen LogP contribution >= 0.6 is 13.4 Å². The van der Waals surface area contributed by atoms with Crippen LogP contribution in [0, 0.1) is 6.07 Å². The van der Waals surface area contributed by atoms with E-state index in [4.69, 9.17) is 4.42 Å². The molecule has 0 spiro atoms. The Morgan fingerprint density at radius 3 is 2.32 bits per heavy atom. The Kier molecular flexibility index (Phi) is 5.09. The van der Waals surface area contributed by atoms with Crippen LogP contribution in [0.15, 0.2) is 63.8 Å². The molecule has 0 saturated heterocycles. The summed E-state index contributed by atoms with van der Waals surface area (Å²) in [5.74, 6) is 0. The van der Waals surface area contributed by atoms with E-state index >= 15 is 0 Å². The van der Waals surface area contributed by atoms with Crippen molar-refractivity contribution < 1.29 is 21.6 Å². The van der Waals surface area contributed by atoms with E-state index in [1.807, 2.05) is 48.5 Å². The van der Waals surface area contributed by atoms with Crippen molar-refractivity contribution in [1.29, 1.82) is 0 Å². The molecule has 0 radical (unpaired) electrons. The SMILES string of the molecule is O=c1[c-]c(-c2ccccc2)c2ccccc2o1.[Br][Pd+]. The van der Waals surface area contributed by atoms with Crippen LogP contribution in [0.3, 0.4) is 0 Å². The van der Waals surface area contributed by atoms with Gasteiger partial charge in [0.2, 0.25) is 0 Å². The number of halogens is 1. The van der Waals surface area contributed by atoms with Crippen molar-refractivity contribution in [3.05, 3.63) is 71.1 Å². The van der Waals surface area contributed by atoms with Crippen molar-refractivity contribution >= 4 is 24.4 Å². The Labute approximate surface area is 128 Å². The quantitative estimate of drug-likeness (QED) is 0.345. The normalized spacial score (nSPS) is 9.84. The Bertz CT molecular complexity index is 723. The van der Waals surface area contributed by atoms with Gasteiger partial charge >= 0.3 is 30.6 Å². The average molecular weight is 408 g/mol. The first kappa shape index (κ1) is 14.2. The summed E-state index contributed by atoms with van der Waals surface area (Å²) in [6.45, 7) is 0. The van der Waals surface area contributed by atoms with Crippen molar-refractivity contribution in [2.75, 3.05) is 0 Å². The molecule has 98 valence electrons. The van der Waals surface area contributed by atoms with Crippen LogP contribution in [0.1, 0.15) is 0 Å². The number of para-hydroxylation sites is 1. The van der Waals surface area contributed by atoms with Gasteiger partial charge in [0.05, 0.1) is 5.58 Å². The zero-order chi connectivity index (χ0) is 13.7. The van der Waals surface area contributed by atoms with Crippen molar-refractivity contribution in [3.63, 3.8) is 0 Å². The molecule has 0 amide bonds. The Balaban J connectivity index is 0.000000637. The van der Waals surface area contributed by atoms with E-state index in [2.05, 4.69) is 36.7 Å². The van der Waals surface area contributed by atoms with E-state index in [1.165, 1.54) is 0 Å². The Morgan fingerprint density at radius 2 is 1.58 bits per heavy atom. The second kappa shape index (κ2) is 6.81. The van der Waals surface area contributed by atoms with E-state index in [1.54, 1.807) is 6.07 Å². The van der Waals surface area contributed by atoms with E-state index in [9.17, 15) is 4.79 Å². The predicted molar refractivity (Wildman–Crippen MR) is 75.7 cm³/mol. The Hall–Kier alpha value is -1.21. The molecular formula is C15H9BrO2Pd. The fourth-order valence-electron chi connectivity index (χ4n) is 1.89. The van der Waals surface area contributed by atoms with Gasteiger partial charge in [0, 0.05) is 0 Å². The molecule has 2 nitrogen and oxygen atoms in total. The number of benzene rings is 2. The second-order valence-electron chi connectivity index (χ2n) is 3.75. The van der Waals surface area contributed by atoms with Crippen LogP contribution in [0.5, 0.6) is 0 Å². The maximum atomic E-state index is 11.5. The van der Waals surface area contributed by atoms with Gasteiger partial charge in [0.15, 0.2) is 0 Å². The number of hydrogen-bond acceptors (Lipinski definition) is 2. The van der Waals surface area contributed by atoms with E-state index in [0.29, 0.717) is 5.58 Å². The molecule has 0 aliphatic carbocycles. The summed E-state index contributed by atoms with van der Waals surface area (Å²) in [5.41, 5.74) is 1.91. The summed E-state index contributed by atoms with van der Waals surface area (Å²) < 4.78 is 5.11. The molecule has 0 unspecified atom stereocenters. The molecule has 1 aromatic heterocycles. The van der Waals surface area contributed by atoms with Crippen molar-refractivity contribution in [3.8, 4) is 11.1 Å². The first-order valence-electron chi connectivity index (χ1n) is 5.47. The molecular weight excluding hydrogens is 398 g/mol. The van der Waals surface area contributed by atoms with Crippen LogP contribution in [0.25, 0.3) is 22.1 Å². The molecule has 2 aromatic carbocycles. The van der Waals surface area contributed by atoms with Crippen LogP contribution < -0.4 is 5.63 Å². The van der Waals surface area contributed by atoms with Gasteiger partial charge in [0.25, 0.3) is 5.63 Å². The molecule has 0 saturated carbocycles. The zero-order valence-corrected chi connectivity index (χ0v) is 12.8. The summed E-state index contributed by atoms with van der Waals surface area (Å²) in [6.07, 6.45) is 0. The molecule has 0 aliphatic heterocycles. The molecule has 3 aromatic rings. The molecule has 0 fully saturated rings. The Morgan fingerprint density at radius 1 is 0.947 bits per heavy atom. The third-order valence-corrected chi connectivity index (χ3v) is 2.65. The topological polar surface area (TPSA) is 30.2 Å². The first-order chi connectivity index (χ1) is 9.34. The van der Waals surface area contributed by atoms with Gasteiger partial charge in [-0.15, -0.1) is 23.8 Å². The van der Waals surface area contributed by atoms with E-state index < -0.39 is 5.63 Å². The molecule has 0 bridgehead atoms. The molecule has 1 heterocycles. The monoisotopic (exact) mass is 406 g/mol. The molecule has 0 N–H and O–H groups in total.